The molecule has 0 spiro atoms. The molecule has 0 saturated heterocycles. The summed E-state index contributed by atoms with van der Waals surface area (Å²) in [6.07, 6.45) is 4.56. The fraction of sp³-hybridized carbons (Fsp3) is 0.310. The maximum absolute atomic E-state index is 11.2. The summed E-state index contributed by atoms with van der Waals surface area (Å²) in [5.74, 6) is 0.451. The van der Waals surface area contributed by atoms with Crippen molar-refractivity contribution >= 4 is 35.6 Å². The molecule has 1 aliphatic heterocycles. The van der Waals surface area contributed by atoms with Gasteiger partial charge in [0, 0.05) is 35.1 Å². The van der Waals surface area contributed by atoms with E-state index in [1.165, 1.54) is 24.0 Å². The van der Waals surface area contributed by atoms with Gasteiger partial charge in [0.2, 0.25) is 6.41 Å². The second-order valence-electron chi connectivity index (χ2n) is 9.18. The van der Waals surface area contributed by atoms with Crippen molar-refractivity contribution in [1.82, 2.24) is 5.32 Å². The van der Waals surface area contributed by atoms with Gasteiger partial charge in [0.15, 0.2) is 0 Å². The van der Waals surface area contributed by atoms with Crippen LogP contribution in [-0.2, 0) is 16.0 Å². The molecule has 1 fully saturated rings. The van der Waals surface area contributed by atoms with Crippen molar-refractivity contribution < 1.29 is 53.7 Å². The maximum atomic E-state index is 11.2. The molecular weight excluding hydrogens is 536 g/mol. The average Bonchev–Trinajstić information content (AvgIpc) is 3.72. The van der Waals surface area contributed by atoms with Crippen molar-refractivity contribution in [3.8, 4) is 17.2 Å². The molecule has 194 valence electrons. The second kappa shape index (κ2) is 14.2. The van der Waals surface area contributed by atoms with Crippen LogP contribution in [0.1, 0.15) is 53.4 Å². The van der Waals surface area contributed by atoms with E-state index in [0.29, 0.717) is 53.3 Å². The number of amides is 1. The number of aryl methyl sites for hydroxylation is 1. The number of carboxylic acid groups (broad SMARTS) is 1. The first-order chi connectivity index (χ1) is 17.9. The molecule has 3 aromatic carbocycles. The van der Waals surface area contributed by atoms with Gasteiger partial charge >= 0.3 is 29.6 Å². The largest absolute Gasteiger partial charge is 1.00 e. The molecule has 1 heterocycles. The van der Waals surface area contributed by atoms with Gasteiger partial charge in [-0.25, -0.2) is 0 Å². The minimum absolute atomic E-state index is 0. The van der Waals surface area contributed by atoms with Crippen molar-refractivity contribution in [2.24, 2.45) is 0 Å². The van der Waals surface area contributed by atoms with Crippen molar-refractivity contribution in [1.29, 1.82) is 0 Å². The summed E-state index contributed by atoms with van der Waals surface area (Å²) in [6, 6.07) is 16.8. The zero-order chi connectivity index (χ0) is 26.4. The zero-order valence-electron chi connectivity index (χ0n) is 21.5. The van der Waals surface area contributed by atoms with Gasteiger partial charge in [-0.05, 0) is 80.0 Å². The molecule has 1 N–H and O–H groups in total. The number of nitrogens with one attached hydrogen (secondary N) is 1. The Labute approximate surface area is 254 Å². The van der Waals surface area contributed by atoms with E-state index in [1.807, 2.05) is 37.3 Å². The fourth-order valence-electron chi connectivity index (χ4n) is 4.28. The van der Waals surface area contributed by atoms with E-state index in [1.54, 1.807) is 12.1 Å². The second-order valence-corrected chi connectivity index (χ2v) is 10.0. The third-order valence-corrected chi connectivity index (χ3v) is 6.91. The number of benzene rings is 3. The summed E-state index contributed by atoms with van der Waals surface area (Å²) in [5.41, 5.74) is 4.35. The van der Waals surface area contributed by atoms with Crippen molar-refractivity contribution in [2.75, 3.05) is 13.2 Å². The third-order valence-electron chi connectivity index (χ3n) is 6.38. The van der Waals surface area contributed by atoms with Crippen molar-refractivity contribution in [2.45, 2.75) is 44.4 Å². The Kier molecular flexibility index (Phi) is 11.4. The van der Waals surface area contributed by atoms with E-state index in [4.69, 9.17) is 32.7 Å². The molecule has 0 radical (unpaired) electrons. The minimum atomic E-state index is -1.12. The maximum Gasteiger partial charge on any atom is 1.00 e. The van der Waals surface area contributed by atoms with E-state index in [0.717, 1.165) is 23.4 Å². The molecule has 1 aliphatic carbocycles. The topological polar surface area (TPSA) is 87.7 Å². The first-order valence-corrected chi connectivity index (χ1v) is 13.0. The zero-order valence-corrected chi connectivity index (χ0v) is 25.0. The number of carbonyl (C=O) groups is 2. The van der Waals surface area contributed by atoms with E-state index in [2.05, 4.69) is 17.4 Å². The summed E-state index contributed by atoms with van der Waals surface area (Å²) >= 11 is 12.2. The molecule has 1 saturated carbocycles. The number of carbonyl (C=O) groups excluding carboxylic acids is 2. The standard InChI is InChI=1S/C17H15ClO4.C12H14ClNO.Na/c1-10-2-4-11(5-3-10)22-16-9-15-13(8-14(16)18)12(17(19)20)6-7-21-15;13-11-4-3-10(5-6-14-8-15)12(7-11)9-1-2-9;/h2-5,8-9,12H,6-7H2,1H3,(H,19,20);3-4,7-9H,1-2,5-6H2,(H,14,15);/q;;+1/p-1. The molecule has 1 amide bonds. The van der Waals surface area contributed by atoms with Crippen LogP contribution in [0.4, 0.5) is 0 Å². The number of halogens is 2. The van der Waals surface area contributed by atoms with Crippen LogP contribution in [0.25, 0.3) is 0 Å². The first kappa shape index (κ1) is 30.3. The first-order valence-electron chi connectivity index (χ1n) is 12.2. The summed E-state index contributed by atoms with van der Waals surface area (Å²) < 4.78 is 11.3. The average molecular weight is 564 g/mol. The molecule has 6 nitrogen and oxygen atoms in total. The predicted molar refractivity (Wildman–Crippen MR) is 142 cm³/mol. The van der Waals surface area contributed by atoms with Crippen LogP contribution in [0.5, 0.6) is 17.2 Å². The van der Waals surface area contributed by atoms with Crippen LogP contribution in [0, 0.1) is 6.92 Å². The SMILES string of the molecule is Cc1ccc(Oc2cc3c(cc2Cl)C(C(=O)[O-])CCO3)cc1.O=CNCCc1ccc(Cl)cc1C1CC1.[Na+]. The molecule has 9 heteroatoms. The van der Waals surface area contributed by atoms with Crippen LogP contribution in [0.2, 0.25) is 10.0 Å². The number of rotatable bonds is 8. The number of hydrogen-bond acceptors (Lipinski definition) is 5. The molecule has 5 rings (SSSR count). The van der Waals surface area contributed by atoms with Gasteiger partial charge in [-0.15, -0.1) is 0 Å². The summed E-state index contributed by atoms with van der Waals surface area (Å²) in [5, 5.41) is 15.0. The number of hydrogen-bond donors (Lipinski definition) is 1. The van der Waals surface area contributed by atoms with Gasteiger partial charge in [-0.3, -0.25) is 4.79 Å². The van der Waals surface area contributed by atoms with Crippen LogP contribution in [0.3, 0.4) is 0 Å². The third kappa shape index (κ3) is 8.14. The normalized spacial score (nSPS) is 15.5. The molecule has 2 aliphatic rings. The monoisotopic (exact) mass is 563 g/mol. The molecule has 1 unspecified atom stereocenters. The Balaban J connectivity index is 0.000000220. The number of fused-ring (bicyclic) bond motifs is 1. The van der Waals surface area contributed by atoms with Gasteiger partial charge in [0.25, 0.3) is 0 Å². The summed E-state index contributed by atoms with van der Waals surface area (Å²) in [6.45, 7) is 3.02. The van der Waals surface area contributed by atoms with Crippen molar-refractivity contribution in [3.63, 3.8) is 0 Å². The Hall–Kier alpha value is -2.22. The number of ether oxygens (including phenoxy) is 2. The molecule has 38 heavy (non-hydrogen) atoms. The Morgan fingerprint density at radius 1 is 1.08 bits per heavy atom. The van der Waals surface area contributed by atoms with Crippen LogP contribution in [0.15, 0.2) is 54.6 Å². The summed E-state index contributed by atoms with van der Waals surface area (Å²) in [7, 11) is 0. The van der Waals surface area contributed by atoms with Gasteiger partial charge in [0.1, 0.15) is 17.2 Å². The molecule has 3 aromatic rings. The quantitative estimate of drug-likeness (QED) is 0.258. The summed E-state index contributed by atoms with van der Waals surface area (Å²) in [4.78, 5) is 21.3. The Bertz CT molecular complexity index is 1260. The number of aliphatic carboxylic acids is 1. The Morgan fingerprint density at radius 3 is 2.47 bits per heavy atom. The number of carboxylic acids is 1. The van der Waals surface area contributed by atoms with Gasteiger partial charge < -0.3 is 24.7 Å². The smallest absolute Gasteiger partial charge is 0.549 e. The Morgan fingerprint density at radius 2 is 1.82 bits per heavy atom. The van der Waals surface area contributed by atoms with E-state index in [-0.39, 0.29) is 29.6 Å². The van der Waals surface area contributed by atoms with Crippen LogP contribution >= 0.6 is 23.2 Å². The van der Waals surface area contributed by atoms with E-state index in [9.17, 15) is 14.7 Å². The van der Waals surface area contributed by atoms with Gasteiger partial charge in [0.05, 0.1) is 11.6 Å². The van der Waals surface area contributed by atoms with Gasteiger partial charge in [-0.2, -0.15) is 0 Å². The van der Waals surface area contributed by atoms with Gasteiger partial charge in [-0.1, -0.05) is 47.0 Å². The van der Waals surface area contributed by atoms with Crippen LogP contribution < -0.4 is 49.5 Å². The van der Waals surface area contributed by atoms with Crippen LogP contribution in [-0.4, -0.2) is 25.5 Å². The van der Waals surface area contributed by atoms with E-state index >= 15 is 0 Å². The molecular formula is C29H28Cl2NNaO5. The van der Waals surface area contributed by atoms with Crippen molar-refractivity contribution in [3.05, 3.63) is 86.9 Å². The molecule has 1 atom stereocenters. The fourth-order valence-corrected chi connectivity index (χ4v) is 4.67. The molecule has 0 bridgehead atoms. The van der Waals surface area contributed by atoms with E-state index < -0.39 is 11.9 Å². The predicted octanol–water partition coefficient (Wildman–Crippen LogP) is 2.57. The molecule has 0 aromatic heterocycles. The minimum Gasteiger partial charge on any atom is -0.549 e.